The minimum Gasteiger partial charge on any atom is -0.496 e. The first-order chi connectivity index (χ1) is 8.62. The summed E-state index contributed by atoms with van der Waals surface area (Å²) in [6, 6.07) is 4.19. The van der Waals surface area contributed by atoms with Crippen molar-refractivity contribution in [3.8, 4) is 11.5 Å². The van der Waals surface area contributed by atoms with Crippen molar-refractivity contribution < 1.29 is 9.47 Å². The van der Waals surface area contributed by atoms with Crippen molar-refractivity contribution in [1.82, 2.24) is 5.32 Å². The monoisotopic (exact) mass is 269 g/mol. The number of likely N-dealkylation sites (N-methyl/N-ethyl adjacent to an activating group) is 1. The molecule has 0 fully saturated rings. The summed E-state index contributed by atoms with van der Waals surface area (Å²) in [5.41, 5.74) is 1.13. The van der Waals surface area contributed by atoms with Crippen LogP contribution in [0.5, 0.6) is 11.5 Å². The fourth-order valence-electron chi connectivity index (χ4n) is 1.80. The number of ether oxygens (including phenoxy) is 2. The molecule has 1 aromatic rings. The molecule has 1 N–H and O–H groups in total. The van der Waals surface area contributed by atoms with Crippen LogP contribution in [0.1, 0.15) is 19.4 Å². The lowest BCUT2D eigenvalue weighted by atomic mass is 10.1. The van der Waals surface area contributed by atoms with Gasteiger partial charge in [-0.3, -0.25) is 0 Å². The molecule has 0 aliphatic carbocycles. The summed E-state index contributed by atoms with van der Waals surface area (Å²) < 4.78 is 11.0. The predicted molar refractivity (Wildman–Crippen MR) is 78.2 cm³/mol. The van der Waals surface area contributed by atoms with E-state index in [2.05, 4.69) is 31.3 Å². The summed E-state index contributed by atoms with van der Waals surface area (Å²) in [5, 5.41) is 3.69. The summed E-state index contributed by atoms with van der Waals surface area (Å²) in [7, 11) is 5.37. The lowest BCUT2D eigenvalue weighted by Gasteiger charge is -2.16. The molecule has 0 amide bonds. The minimum atomic E-state index is 0.544. The van der Waals surface area contributed by atoms with Gasteiger partial charge in [-0.05, 0) is 32.1 Å². The summed E-state index contributed by atoms with van der Waals surface area (Å²) in [4.78, 5) is 1.19. The van der Waals surface area contributed by atoms with E-state index in [4.69, 9.17) is 9.47 Å². The number of hydrogen-bond acceptors (Lipinski definition) is 4. The van der Waals surface area contributed by atoms with Crippen LogP contribution in [-0.4, -0.2) is 33.1 Å². The van der Waals surface area contributed by atoms with Gasteiger partial charge in [-0.2, -0.15) is 0 Å². The Balaban J connectivity index is 3.08. The van der Waals surface area contributed by atoms with Gasteiger partial charge in [-0.1, -0.05) is 13.8 Å². The number of benzene rings is 1. The van der Waals surface area contributed by atoms with Crippen LogP contribution < -0.4 is 14.8 Å². The zero-order chi connectivity index (χ0) is 13.5. The molecule has 0 saturated heterocycles. The molecule has 0 unspecified atom stereocenters. The van der Waals surface area contributed by atoms with Crippen molar-refractivity contribution in [3.05, 3.63) is 17.7 Å². The standard InChI is InChI=1S/C14H23NO2S/c1-10(2)18-11-8-13(16-4)12(6-7-15-3)14(9-11)17-5/h8-10,15H,6-7H2,1-5H3. The average Bonchev–Trinajstić information content (AvgIpc) is 2.35. The smallest absolute Gasteiger partial charge is 0.126 e. The molecule has 0 bridgehead atoms. The van der Waals surface area contributed by atoms with Crippen molar-refractivity contribution in [2.75, 3.05) is 27.8 Å². The summed E-state index contributed by atoms with van der Waals surface area (Å²) in [6.45, 7) is 5.26. The third-order valence-corrected chi connectivity index (χ3v) is 3.56. The van der Waals surface area contributed by atoms with Crippen LogP contribution in [0.4, 0.5) is 0 Å². The topological polar surface area (TPSA) is 30.5 Å². The molecule has 1 aromatic carbocycles. The summed E-state index contributed by atoms with van der Waals surface area (Å²) in [5.74, 6) is 1.82. The Hall–Kier alpha value is -0.870. The molecule has 4 heteroatoms. The predicted octanol–water partition coefficient (Wildman–Crippen LogP) is 2.97. The third kappa shape index (κ3) is 4.10. The summed E-state index contributed by atoms with van der Waals surface area (Å²) >= 11 is 1.81. The van der Waals surface area contributed by atoms with Gasteiger partial charge < -0.3 is 14.8 Å². The molecule has 0 spiro atoms. The van der Waals surface area contributed by atoms with Crippen LogP contribution in [-0.2, 0) is 6.42 Å². The van der Waals surface area contributed by atoms with Crippen molar-refractivity contribution in [2.45, 2.75) is 30.4 Å². The molecule has 18 heavy (non-hydrogen) atoms. The Labute approximate surface area is 114 Å². The SMILES string of the molecule is CNCCc1c(OC)cc(SC(C)C)cc1OC. The molecule has 3 nitrogen and oxygen atoms in total. The molecule has 1 rings (SSSR count). The van der Waals surface area contributed by atoms with Crippen LogP contribution in [0, 0.1) is 0 Å². The first-order valence-corrected chi connectivity index (χ1v) is 7.06. The fourth-order valence-corrected chi connectivity index (χ4v) is 2.69. The lowest BCUT2D eigenvalue weighted by Crippen LogP contribution is -2.12. The molecule has 0 aliphatic rings. The average molecular weight is 269 g/mol. The quantitative estimate of drug-likeness (QED) is 0.771. The molecular formula is C14H23NO2S. The highest BCUT2D eigenvalue weighted by atomic mass is 32.2. The fraction of sp³-hybridized carbons (Fsp3) is 0.571. The normalized spacial score (nSPS) is 10.8. The molecule has 0 radical (unpaired) electrons. The van der Waals surface area contributed by atoms with Crippen molar-refractivity contribution in [3.63, 3.8) is 0 Å². The summed E-state index contributed by atoms with van der Waals surface area (Å²) in [6.07, 6.45) is 0.898. The van der Waals surface area contributed by atoms with Crippen molar-refractivity contribution >= 4 is 11.8 Å². The third-order valence-electron chi connectivity index (χ3n) is 2.58. The van der Waals surface area contributed by atoms with Crippen LogP contribution in [0.25, 0.3) is 0 Å². The number of methoxy groups -OCH3 is 2. The molecule has 0 saturated carbocycles. The molecule has 102 valence electrons. The highest BCUT2D eigenvalue weighted by molar-refractivity contribution is 7.99. The highest BCUT2D eigenvalue weighted by Gasteiger charge is 2.13. The van der Waals surface area contributed by atoms with E-state index in [0.717, 1.165) is 30.0 Å². The van der Waals surface area contributed by atoms with Gasteiger partial charge in [0.2, 0.25) is 0 Å². The van der Waals surface area contributed by atoms with Gasteiger partial charge >= 0.3 is 0 Å². The second-order valence-electron chi connectivity index (χ2n) is 4.33. The van der Waals surface area contributed by atoms with E-state index in [1.807, 2.05) is 18.8 Å². The lowest BCUT2D eigenvalue weighted by molar-refractivity contribution is 0.383. The van der Waals surface area contributed by atoms with Gasteiger partial charge in [0.05, 0.1) is 14.2 Å². The first kappa shape index (κ1) is 15.2. The number of rotatable bonds is 7. The van der Waals surface area contributed by atoms with E-state index in [9.17, 15) is 0 Å². The zero-order valence-corrected chi connectivity index (χ0v) is 12.7. The largest absolute Gasteiger partial charge is 0.496 e. The zero-order valence-electron chi connectivity index (χ0n) is 11.9. The van der Waals surface area contributed by atoms with Gasteiger partial charge in [0.1, 0.15) is 11.5 Å². The van der Waals surface area contributed by atoms with Gasteiger partial charge in [0, 0.05) is 15.7 Å². The van der Waals surface area contributed by atoms with E-state index < -0.39 is 0 Å². The maximum atomic E-state index is 5.49. The maximum Gasteiger partial charge on any atom is 0.126 e. The van der Waals surface area contributed by atoms with Gasteiger partial charge in [-0.15, -0.1) is 11.8 Å². The highest BCUT2D eigenvalue weighted by Crippen LogP contribution is 2.36. The molecule has 0 heterocycles. The van der Waals surface area contributed by atoms with Crippen LogP contribution >= 0.6 is 11.8 Å². The number of thioether (sulfide) groups is 1. The van der Waals surface area contributed by atoms with Crippen molar-refractivity contribution in [1.29, 1.82) is 0 Å². The second-order valence-corrected chi connectivity index (χ2v) is 5.98. The maximum absolute atomic E-state index is 5.49. The molecular weight excluding hydrogens is 246 g/mol. The van der Waals surface area contributed by atoms with Crippen LogP contribution in [0.2, 0.25) is 0 Å². The number of nitrogens with one attached hydrogen (secondary N) is 1. The second kappa shape index (κ2) is 7.54. The van der Waals surface area contributed by atoms with Crippen LogP contribution in [0.3, 0.4) is 0 Å². The van der Waals surface area contributed by atoms with Gasteiger partial charge in [-0.25, -0.2) is 0 Å². The van der Waals surface area contributed by atoms with E-state index in [1.165, 1.54) is 4.90 Å². The Morgan fingerprint density at radius 1 is 1.17 bits per heavy atom. The number of hydrogen-bond donors (Lipinski definition) is 1. The Morgan fingerprint density at radius 2 is 1.72 bits per heavy atom. The Morgan fingerprint density at radius 3 is 2.11 bits per heavy atom. The van der Waals surface area contributed by atoms with E-state index in [0.29, 0.717) is 5.25 Å². The van der Waals surface area contributed by atoms with Gasteiger partial charge in [0.25, 0.3) is 0 Å². The Kier molecular flexibility index (Phi) is 6.36. The van der Waals surface area contributed by atoms with Gasteiger partial charge in [0.15, 0.2) is 0 Å². The van der Waals surface area contributed by atoms with E-state index in [-0.39, 0.29) is 0 Å². The first-order valence-electron chi connectivity index (χ1n) is 6.18. The molecule has 0 atom stereocenters. The molecule has 0 aliphatic heterocycles. The van der Waals surface area contributed by atoms with E-state index >= 15 is 0 Å². The minimum absolute atomic E-state index is 0.544. The van der Waals surface area contributed by atoms with Crippen molar-refractivity contribution in [2.24, 2.45) is 0 Å². The van der Waals surface area contributed by atoms with Crippen LogP contribution in [0.15, 0.2) is 17.0 Å². The Bertz CT molecular complexity index is 355. The van der Waals surface area contributed by atoms with E-state index in [1.54, 1.807) is 14.2 Å². The molecule has 0 aromatic heterocycles.